The Labute approximate surface area is 181 Å². The standard InChI is InChI=1S/C19H26N6O2.HI/c1-3-20-18(22-9-10-25-16(26)12-24-19(25)27)21-8-7-14-11-23-17-13(2)5-4-6-15(14)17;/h4-6,11,23H,3,7-10,12H2,1-2H3,(H,24,27)(H2,20,21,22);1H. The van der Waals surface area contributed by atoms with Crippen molar-refractivity contribution < 1.29 is 9.59 Å². The highest BCUT2D eigenvalue weighted by atomic mass is 127. The second-order valence-corrected chi connectivity index (χ2v) is 6.45. The van der Waals surface area contributed by atoms with Crippen LogP contribution in [-0.2, 0) is 11.2 Å². The molecule has 1 aromatic carbocycles. The van der Waals surface area contributed by atoms with E-state index in [2.05, 4.69) is 51.0 Å². The fourth-order valence-electron chi connectivity index (χ4n) is 3.17. The van der Waals surface area contributed by atoms with Crippen LogP contribution in [0.5, 0.6) is 0 Å². The Kier molecular flexibility index (Phi) is 8.09. The number of fused-ring (bicyclic) bond motifs is 1. The number of imide groups is 1. The topological polar surface area (TPSA) is 102 Å². The number of urea groups is 1. The summed E-state index contributed by atoms with van der Waals surface area (Å²) >= 11 is 0. The molecule has 2 heterocycles. The minimum atomic E-state index is -0.335. The van der Waals surface area contributed by atoms with Crippen molar-refractivity contribution in [3.8, 4) is 0 Å². The first kappa shape index (κ1) is 22.0. The molecule has 8 nitrogen and oxygen atoms in total. The Bertz CT molecular complexity index is 847. The fourth-order valence-corrected chi connectivity index (χ4v) is 3.17. The minimum Gasteiger partial charge on any atom is -0.361 e. The molecule has 0 atom stereocenters. The molecule has 1 fully saturated rings. The number of hydrogen-bond acceptors (Lipinski definition) is 3. The summed E-state index contributed by atoms with van der Waals surface area (Å²) in [6.07, 6.45) is 2.87. The van der Waals surface area contributed by atoms with Crippen LogP contribution in [0.25, 0.3) is 10.9 Å². The van der Waals surface area contributed by atoms with Crippen molar-refractivity contribution >= 4 is 52.8 Å². The van der Waals surface area contributed by atoms with E-state index in [1.165, 1.54) is 26.9 Å². The van der Waals surface area contributed by atoms with Gasteiger partial charge in [-0.3, -0.25) is 14.7 Å². The van der Waals surface area contributed by atoms with Gasteiger partial charge in [0.05, 0.1) is 6.54 Å². The maximum absolute atomic E-state index is 11.6. The predicted molar refractivity (Wildman–Crippen MR) is 121 cm³/mol. The van der Waals surface area contributed by atoms with E-state index in [9.17, 15) is 9.59 Å². The summed E-state index contributed by atoms with van der Waals surface area (Å²) in [7, 11) is 0. The Hall–Kier alpha value is -2.30. The van der Waals surface area contributed by atoms with Crippen molar-refractivity contribution in [2.24, 2.45) is 4.99 Å². The summed E-state index contributed by atoms with van der Waals surface area (Å²) in [5, 5.41) is 10.1. The quantitative estimate of drug-likeness (QED) is 0.202. The molecular weight excluding hydrogens is 471 g/mol. The molecule has 3 rings (SSSR count). The molecule has 152 valence electrons. The molecule has 0 spiro atoms. The second-order valence-electron chi connectivity index (χ2n) is 6.45. The van der Waals surface area contributed by atoms with E-state index < -0.39 is 0 Å². The maximum atomic E-state index is 11.6. The number of amides is 3. The number of aromatic nitrogens is 1. The van der Waals surface area contributed by atoms with E-state index in [-0.39, 0.29) is 42.5 Å². The number of carbonyl (C=O) groups is 2. The minimum absolute atomic E-state index is 0. The molecule has 1 aliphatic heterocycles. The summed E-state index contributed by atoms with van der Waals surface area (Å²) in [6, 6.07) is 5.96. The van der Waals surface area contributed by atoms with Crippen molar-refractivity contribution in [2.75, 3.05) is 32.7 Å². The third-order valence-electron chi connectivity index (χ3n) is 4.57. The number of H-pyrrole nitrogens is 1. The number of para-hydroxylation sites is 1. The molecule has 2 aromatic rings. The summed E-state index contributed by atoms with van der Waals surface area (Å²) in [5.41, 5.74) is 3.65. The number of aliphatic imine (C=N–C) groups is 1. The van der Waals surface area contributed by atoms with Gasteiger partial charge in [-0.05, 0) is 31.4 Å². The number of benzene rings is 1. The fraction of sp³-hybridized carbons (Fsp3) is 0.421. The Morgan fingerprint density at radius 2 is 2.11 bits per heavy atom. The van der Waals surface area contributed by atoms with Crippen LogP contribution in [0.1, 0.15) is 18.1 Å². The summed E-state index contributed by atoms with van der Waals surface area (Å²) < 4.78 is 0. The molecule has 0 unspecified atom stereocenters. The monoisotopic (exact) mass is 498 g/mol. The van der Waals surface area contributed by atoms with Gasteiger partial charge in [0.15, 0.2) is 5.96 Å². The van der Waals surface area contributed by atoms with Crippen molar-refractivity contribution in [1.29, 1.82) is 0 Å². The third kappa shape index (κ3) is 5.15. The Balaban J connectivity index is 0.00000280. The smallest absolute Gasteiger partial charge is 0.324 e. The summed E-state index contributed by atoms with van der Waals surface area (Å²) in [4.78, 5) is 32.3. The molecule has 28 heavy (non-hydrogen) atoms. The molecule has 1 saturated heterocycles. The number of aryl methyl sites for hydroxylation is 1. The molecule has 0 saturated carbocycles. The number of guanidine groups is 1. The number of hydrogen-bond donors (Lipinski definition) is 4. The highest BCUT2D eigenvalue weighted by Crippen LogP contribution is 2.21. The lowest BCUT2D eigenvalue weighted by Gasteiger charge is -2.15. The molecule has 0 aliphatic carbocycles. The number of aromatic amines is 1. The first-order chi connectivity index (χ1) is 13.1. The van der Waals surface area contributed by atoms with Gasteiger partial charge in [-0.25, -0.2) is 4.79 Å². The average Bonchev–Trinajstić information content (AvgIpc) is 3.21. The van der Waals surface area contributed by atoms with Gasteiger partial charge in [0.2, 0.25) is 5.91 Å². The number of carbonyl (C=O) groups excluding carboxylic acids is 2. The SMILES string of the molecule is CCNC(=NCCc1c[nH]c2c(C)cccc12)NCCN1C(=O)CNC1=O.I. The zero-order valence-electron chi connectivity index (χ0n) is 16.2. The van der Waals surface area contributed by atoms with Crippen LogP contribution >= 0.6 is 24.0 Å². The van der Waals surface area contributed by atoms with Gasteiger partial charge >= 0.3 is 6.03 Å². The molecule has 1 aromatic heterocycles. The van der Waals surface area contributed by atoms with Gasteiger partial charge in [-0.1, -0.05) is 18.2 Å². The van der Waals surface area contributed by atoms with Gasteiger partial charge in [-0.2, -0.15) is 0 Å². The first-order valence-corrected chi connectivity index (χ1v) is 9.26. The number of halogens is 1. The third-order valence-corrected chi connectivity index (χ3v) is 4.57. The van der Waals surface area contributed by atoms with E-state index in [0.29, 0.717) is 25.6 Å². The van der Waals surface area contributed by atoms with E-state index in [1.807, 2.05) is 13.1 Å². The normalized spacial score (nSPS) is 14.2. The number of nitrogens with zero attached hydrogens (tertiary/aromatic N) is 2. The second kappa shape index (κ2) is 10.3. The molecule has 9 heteroatoms. The van der Waals surface area contributed by atoms with Gasteiger partial charge < -0.3 is 20.9 Å². The van der Waals surface area contributed by atoms with Crippen LogP contribution in [-0.4, -0.2) is 60.5 Å². The van der Waals surface area contributed by atoms with Gasteiger partial charge in [0.25, 0.3) is 0 Å². The predicted octanol–water partition coefficient (Wildman–Crippen LogP) is 1.74. The van der Waals surface area contributed by atoms with Crippen LogP contribution in [0.4, 0.5) is 4.79 Å². The lowest BCUT2D eigenvalue weighted by molar-refractivity contribution is -0.124. The zero-order valence-corrected chi connectivity index (χ0v) is 18.5. The van der Waals surface area contributed by atoms with Gasteiger partial charge in [0.1, 0.15) is 0 Å². The molecule has 0 bridgehead atoms. The molecule has 0 radical (unpaired) electrons. The molecular formula is C19H27IN6O2. The Morgan fingerprint density at radius 3 is 2.82 bits per heavy atom. The maximum Gasteiger partial charge on any atom is 0.324 e. The average molecular weight is 498 g/mol. The number of rotatable bonds is 7. The van der Waals surface area contributed by atoms with Crippen molar-refractivity contribution in [3.05, 3.63) is 35.5 Å². The molecule has 4 N–H and O–H groups in total. The van der Waals surface area contributed by atoms with Crippen molar-refractivity contribution in [1.82, 2.24) is 25.8 Å². The first-order valence-electron chi connectivity index (χ1n) is 9.26. The van der Waals surface area contributed by atoms with Crippen molar-refractivity contribution in [2.45, 2.75) is 20.3 Å². The van der Waals surface area contributed by atoms with Crippen LogP contribution in [0, 0.1) is 6.92 Å². The summed E-state index contributed by atoms with van der Waals surface area (Å²) in [6.45, 7) is 6.32. The lowest BCUT2D eigenvalue weighted by atomic mass is 10.1. The summed E-state index contributed by atoms with van der Waals surface area (Å²) in [5.74, 6) is 0.485. The van der Waals surface area contributed by atoms with Crippen LogP contribution in [0.2, 0.25) is 0 Å². The zero-order chi connectivity index (χ0) is 19.2. The highest BCUT2D eigenvalue weighted by Gasteiger charge is 2.27. The number of nitrogens with one attached hydrogen (secondary N) is 4. The van der Waals surface area contributed by atoms with E-state index in [0.717, 1.165) is 13.0 Å². The van der Waals surface area contributed by atoms with Gasteiger partial charge in [0, 0.05) is 43.3 Å². The van der Waals surface area contributed by atoms with Crippen LogP contribution < -0.4 is 16.0 Å². The van der Waals surface area contributed by atoms with Crippen molar-refractivity contribution in [3.63, 3.8) is 0 Å². The van der Waals surface area contributed by atoms with Crippen LogP contribution in [0.15, 0.2) is 29.4 Å². The Morgan fingerprint density at radius 1 is 1.29 bits per heavy atom. The van der Waals surface area contributed by atoms with E-state index in [1.54, 1.807) is 0 Å². The van der Waals surface area contributed by atoms with E-state index in [4.69, 9.17) is 0 Å². The highest BCUT2D eigenvalue weighted by molar-refractivity contribution is 14.0. The van der Waals surface area contributed by atoms with Crippen LogP contribution in [0.3, 0.4) is 0 Å². The molecule has 3 amide bonds. The lowest BCUT2D eigenvalue weighted by Crippen LogP contribution is -2.43. The molecule has 1 aliphatic rings. The van der Waals surface area contributed by atoms with E-state index >= 15 is 0 Å². The van der Waals surface area contributed by atoms with Gasteiger partial charge in [-0.15, -0.1) is 24.0 Å². The largest absolute Gasteiger partial charge is 0.361 e.